The van der Waals surface area contributed by atoms with Gasteiger partial charge in [-0.1, -0.05) is 24.3 Å². The van der Waals surface area contributed by atoms with Gasteiger partial charge in [0.2, 0.25) is 0 Å². The maximum Gasteiger partial charge on any atom is 0.126 e. The summed E-state index contributed by atoms with van der Waals surface area (Å²) in [5.41, 5.74) is 3.12. The van der Waals surface area contributed by atoms with Crippen molar-refractivity contribution in [2.24, 2.45) is 9.98 Å². The fourth-order valence-corrected chi connectivity index (χ4v) is 1.42. The van der Waals surface area contributed by atoms with E-state index in [-0.39, 0.29) is 0 Å². The number of allylic oxidation sites excluding steroid dienone is 2. The lowest BCUT2D eigenvalue weighted by atomic mass is 10.2. The molecule has 1 rings (SSSR count). The van der Waals surface area contributed by atoms with Crippen molar-refractivity contribution >= 4 is 17.2 Å². The van der Waals surface area contributed by atoms with Crippen molar-refractivity contribution in [1.29, 1.82) is 0 Å². The highest BCUT2D eigenvalue weighted by atomic mass is 14.9. The zero-order valence-electron chi connectivity index (χ0n) is 10.4. The van der Waals surface area contributed by atoms with Crippen molar-refractivity contribution in [2.75, 3.05) is 0 Å². The monoisotopic (exact) mass is 214 g/mol. The Kier molecular flexibility index (Phi) is 4.65. The molecule has 1 aromatic rings. The quantitative estimate of drug-likeness (QED) is 0.523. The number of para-hydroxylation sites is 1. The van der Waals surface area contributed by atoms with Crippen LogP contribution in [0.3, 0.4) is 0 Å². The van der Waals surface area contributed by atoms with Gasteiger partial charge in [-0.25, -0.2) is 9.98 Å². The number of aryl methyl sites for hydroxylation is 1. The molecule has 0 aliphatic heterocycles. The zero-order valence-corrected chi connectivity index (χ0v) is 10.4. The fraction of sp³-hybridized carbons (Fsp3) is 0.286. The highest BCUT2D eigenvalue weighted by molar-refractivity contribution is 6.02. The second-order valence-corrected chi connectivity index (χ2v) is 3.70. The van der Waals surface area contributed by atoms with Gasteiger partial charge in [0.15, 0.2) is 0 Å². The number of rotatable bonds is 2. The van der Waals surface area contributed by atoms with Crippen molar-refractivity contribution in [3.8, 4) is 0 Å². The first-order valence-corrected chi connectivity index (χ1v) is 5.42. The van der Waals surface area contributed by atoms with Gasteiger partial charge >= 0.3 is 0 Å². The Bertz CT molecular complexity index is 440. The largest absolute Gasteiger partial charge is 0.239 e. The van der Waals surface area contributed by atoms with Crippen LogP contribution in [0.1, 0.15) is 26.3 Å². The molecule has 2 heteroatoms. The molecule has 0 bridgehead atoms. The number of hydrogen-bond acceptors (Lipinski definition) is 1. The van der Waals surface area contributed by atoms with Crippen LogP contribution in [-0.4, -0.2) is 11.5 Å². The van der Waals surface area contributed by atoms with E-state index in [1.165, 1.54) is 5.56 Å². The molecule has 0 spiro atoms. The van der Waals surface area contributed by atoms with Crippen LogP contribution in [0.2, 0.25) is 0 Å². The van der Waals surface area contributed by atoms with Crippen molar-refractivity contribution in [3.63, 3.8) is 0 Å². The normalized spacial score (nSPS) is 13.5. The molecule has 0 aliphatic carbocycles. The van der Waals surface area contributed by atoms with Gasteiger partial charge < -0.3 is 0 Å². The lowest BCUT2D eigenvalue weighted by Crippen LogP contribution is -1.92. The van der Waals surface area contributed by atoms with E-state index in [2.05, 4.69) is 23.0 Å². The van der Waals surface area contributed by atoms with E-state index in [1.54, 1.807) is 0 Å². The Morgan fingerprint density at radius 2 is 1.88 bits per heavy atom. The maximum absolute atomic E-state index is 4.48. The summed E-state index contributed by atoms with van der Waals surface area (Å²) in [6.07, 6.45) is 3.94. The Hall–Kier alpha value is -1.70. The van der Waals surface area contributed by atoms with E-state index in [4.69, 9.17) is 0 Å². The van der Waals surface area contributed by atoms with Gasteiger partial charge in [0, 0.05) is 5.71 Å². The minimum absolute atomic E-state index is 0.782. The minimum Gasteiger partial charge on any atom is -0.239 e. The second-order valence-electron chi connectivity index (χ2n) is 3.70. The van der Waals surface area contributed by atoms with Crippen molar-refractivity contribution < 1.29 is 0 Å². The molecule has 0 saturated carbocycles. The Balaban J connectivity index is 2.94. The van der Waals surface area contributed by atoms with Crippen LogP contribution in [0.25, 0.3) is 0 Å². The third-order valence-electron chi connectivity index (χ3n) is 2.14. The summed E-state index contributed by atoms with van der Waals surface area (Å²) >= 11 is 0. The lowest BCUT2D eigenvalue weighted by Gasteiger charge is -2.00. The Morgan fingerprint density at radius 1 is 1.19 bits per heavy atom. The molecular formula is C14H18N2. The van der Waals surface area contributed by atoms with Gasteiger partial charge in [0.05, 0.1) is 5.69 Å². The van der Waals surface area contributed by atoms with Crippen LogP contribution in [0.4, 0.5) is 5.69 Å². The molecule has 0 radical (unpaired) electrons. The molecule has 0 aromatic heterocycles. The summed E-state index contributed by atoms with van der Waals surface area (Å²) in [5, 5.41) is 0. The van der Waals surface area contributed by atoms with E-state index in [0.29, 0.717) is 0 Å². The number of amidine groups is 1. The predicted octanol–water partition coefficient (Wildman–Crippen LogP) is 4.08. The molecule has 0 unspecified atom stereocenters. The first-order valence-electron chi connectivity index (χ1n) is 5.42. The van der Waals surface area contributed by atoms with Gasteiger partial charge in [-0.2, -0.15) is 0 Å². The van der Waals surface area contributed by atoms with Crippen LogP contribution in [0, 0.1) is 6.92 Å². The third kappa shape index (κ3) is 3.81. The Morgan fingerprint density at radius 3 is 2.50 bits per heavy atom. The first-order chi connectivity index (χ1) is 7.63. The molecule has 1 aromatic carbocycles. The van der Waals surface area contributed by atoms with Crippen molar-refractivity contribution in [2.45, 2.75) is 27.7 Å². The summed E-state index contributed by atoms with van der Waals surface area (Å²) in [4.78, 5) is 8.86. The molecular weight excluding hydrogens is 196 g/mol. The van der Waals surface area contributed by atoms with E-state index in [9.17, 15) is 0 Å². The Labute approximate surface area is 97.5 Å². The number of hydrogen-bond donors (Lipinski definition) is 0. The van der Waals surface area contributed by atoms with E-state index >= 15 is 0 Å². The van der Waals surface area contributed by atoms with E-state index in [0.717, 1.165) is 17.2 Å². The van der Waals surface area contributed by atoms with Crippen molar-refractivity contribution in [1.82, 2.24) is 0 Å². The average Bonchev–Trinajstić information content (AvgIpc) is 2.21. The predicted molar refractivity (Wildman–Crippen MR) is 71.9 cm³/mol. The summed E-state index contributed by atoms with van der Waals surface area (Å²) in [6.45, 7) is 7.91. The van der Waals surface area contributed by atoms with Crippen LogP contribution >= 0.6 is 0 Å². The molecule has 0 atom stereocenters. The van der Waals surface area contributed by atoms with Gasteiger partial charge in [0.1, 0.15) is 5.84 Å². The number of nitrogens with zero attached hydrogens (tertiary/aromatic N) is 2. The minimum atomic E-state index is 0.782. The molecule has 0 N–H and O–H groups in total. The van der Waals surface area contributed by atoms with Gasteiger partial charge in [0.25, 0.3) is 0 Å². The highest BCUT2D eigenvalue weighted by Gasteiger charge is 1.94. The summed E-state index contributed by atoms with van der Waals surface area (Å²) < 4.78 is 0. The van der Waals surface area contributed by atoms with Crippen LogP contribution < -0.4 is 0 Å². The average molecular weight is 214 g/mol. The number of benzene rings is 1. The van der Waals surface area contributed by atoms with Crippen LogP contribution in [0.15, 0.2) is 46.4 Å². The zero-order chi connectivity index (χ0) is 12.0. The van der Waals surface area contributed by atoms with Gasteiger partial charge in [-0.3, -0.25) is 0 Å². The summed E-state index contributed by atoms with van der Waals surface area (Å²) in [5.74, 6) is 0.782. The van der Waals surface area contributed by atoms with Gasteiger partial charge in [-0.15, -0.1) is 0 Å². The SMILES string of the molecule is C/C=C\C(C)=NC(C)=Nc1ccccc1C. The third-order valence-corrected chi connectivity index (χ3v) is 2.14. The number of aliphatic imine (C=N–C) groups is 2. The molecule has 16 heavy (non-hydrogen) atoms. The fourth-order valence-electron chi connectivity index (χ4n) is 1.42. The van der Waals surface area contributed by atoms with Crippen molar-refractivity contribution in [3.05, 3.63) is 42.0 Å². The molecule has 2 nitrogen and oxygen atoms in total. The molecule has 0 fully saturated rings. The van der Waals surface area contributed by atoms with E-state index < -0.39 is 0 Å². The topological polar surface area (TPSA) is 24.7 Å². The maximum atomic E-state index is 4.48. The molecule has 0 heterocycles. The standard InChI is InChI=1S/C14H18N2/c1-5-8-12(3)15-13(4)16-14-10-7-6-9-11(14)2/h5-10H,1-4H3/b8-5-,15-12?,16-13?. The smallest absolute Gasteiger partial charge is 0.126 e. The summed E-state index contributed by atoms with van der Waals surface area (Å²) in [6, 6.07) is 8.05. The highest BCUT2D eigenvalue weighted by Crippen LogP contribution is 2.17. The first kappa shape index (κ1) is 12.4. The summed E-state index contributed by atoms with van der Waals surface area (Å²) in [7, 11) is 0. The van der Waals surface area contributed by atoms with Crippen LogP contribution in [-0.2, 0) is 0 Å². The molecule has 0 amide bonds. The molecule has 0 aliphatic rings. The van der Waals surface area contributed by atoms with E-state index in [1.807, 2.05) is 51.1 Å². The van der Waals surface area contributed by atoms with Crippen LogP contribution in [0.5, 0.6) is 0 Å². The molecule has 84 valence electrons. The second kappa shape index (κ2) is 6.01. The molecule has 0 saturated heterocycles. The van der Waals surface area contributed by atoms with Gasteiger partial charge in [-0.05, 0) is 45.4 Å². The lowest BCUT2D eigenvalue weighted by molar-refractivity contribution is 1.37.